The lowest BCUT2D eigenvalue weighted by Crippen LogP contribution is -2.36. The van der Waals surface area contributed by atoms with Gasteiger partial charge in [-0.1, -0.05) is 31.2 Å². The molecule has 1 unspecified atom stereocenters. The van der Waals surface area contributed by atoms with Crippen molar-refractivity contribution in [3.8, 4) is 0 Å². The Hall–Kier alpha value is -1.68. The molecule has 0 radical (unpaired) electrons. The molecule has 0 aliphatic heterocycles. The molecule has 0 heterocycles. The molecule has 2 N–H and O–H groups in total. The van der Waals surface area contributed by atoms with Gasteiger partial charge in [0.1, 0.15) is 0 Å². The van der Waals surface area contributed by atoms with E-state index in [1.165, 1.54) is 0 Å². The average Bonchev–Trinajstić information content (AvgIpc) is 2.39. The number of benzene rings is 1. The van der Waals surface area contributed by atoms with E-state index in [-0.39, 0.29) is 6.04 Å². The first-order valence-corrected chi connectivity index (χ1v) is 6.38. The number of nitrogens with zero attached hydrogens (tertiary/aromatic N) is 1. The van der Waals surface area contributed by atoms with Crippen molar-refractivity contribution in [1.29, 1.82) is 0 Å². The number of anilines is 1. The topological polar surface area (TPSA) is 36.4 Å². The molecule has 0 amide bonds. The zero-order valence-corrected chi connectivity index (χ0v) is 11.6. The fourth-order valence-electron chi connectivity index (χ4n) is 1.41. The molecule has 0 fully saturated rings. The molecular formula is C14H19N3S. The molecule has 1 aromatic carbocycles. The molecule has 1 aromatic rings. The van der Waals surface area contributed by atoms with Crippen LogP contribution in [0.4, 0.5) is 5.69 Å². The molecule has 0 aromatic heterocycles. The predicted octanol–water partition coefficient (Wildman–Crippen LogP) is 3.01. The summed E-state index contributed by atoms with van der Waals surface area (Å²) in [4.78, 5) is 3.90. The maximum Gasteiger partial charge on any atom is 0.171 e. The Morgan fingerprint density at radius 3 is 2.72 bits per heavy atom. The zero-order valence-electron chi connectivity index (χ0n) is 10.8. The first-order valence-electron chi connectivity index (χ1n) is 5.97. The van der Waals surface area contributed by atoms with Crippen molar-refractivity contribution in [2.24, 2.45) is 4.99 Å². The molecule has 0 aliphatic rings. The van der Waals surface area contributed by atoms with Crippen LogP contribution in [0, 0.1) is 0 Å². The van der Waals surface area contributed by atoms with Crippen LogP contribution in [0.2, 0.25) is 0 Å². The third-order valence-electron chi connectivity index (χ3n) is 2.37. The van der Waals surface area contributed by atoms with Crippen LogP contribution < -0.4 is 10.6 Å². The lowest BCUT2D eigenvalue weighted by atomic mass is 10.2. The van der Waals surface area contributed by atoms with Gasteiger partial charge in [-0.2, -0.15) is 0 Å². The molecule has 0 spiro atoms. The maximum atomic E-state index is 5.27. The van der Waals surface area contributed by atoms with Gasteiger partial charge in [0.2, 0.25) is 0 Å². The average molecular weight is 261 g/mol. The van der Waals surface area contributed by atoms with E-state index in [1.54, 1.807) is 13.3 Å². The van der Waals surface area contributed by atoms with Crippen LogP contribution in [0.15, 0.2) is 47.5 Å². The Morgan fingerprint density at radius 2 is 2.11 bits per heavy atom. The molecule has 1 rings (SSSR count). The Morgan fingerprint density at radius 1 is 1.39 bits per heavy atom. The summed E-state index contributed by atoms with van der Waals surface area (Å²) in [6.45, 7) is 2.11. The molecule has 96 valence electrons. The van der Waals surface area contributed by atoms with Gasteiger partial charge in [-0.05, 0) is 36.8 Å². The summed E-state index contributed by atoms with van der Waals surface area (Å²) in [5.41, 5.74) is 0.990. The number of hydrogen-bond acceptors (Lipinski definition) is 2. The van der Waals surface area contributed by atoms with Crippen molar-refractivity contribution < 1.29 is 0 Å². The minimum atomic E-state index is 0.215. The van der Waals surface area contributed by atoms with E-state index < -0.39 is 0 Å². The van der Waals surface area contributed by atoms with E-state index in [9.17, 15) is 0 Å². The summed E-state index contributed by atoms with van der Waals surface area (Å²) in [5, 5.41) is 7.03. The third kappa shape index (κ3) is 5.59. The molecule has 4 heteroatoms. The number of rotatable bonds is 5. The molecule has 0 saturated carbocycles. The van der Waals surface area contributed by atoms with Crippen molar-refractivity contribution in [2.45, 2.75) is 19.4 Å². The van der Waals surface area contributed by atoms with Gasteiger partial charge >= 0.3 is 0 Å². The van der Waals surface area contributed by atoms with Crippen molar-refractivity contribution in [2.75, 3.05) is 12.4 Å². The van der Waals surface area contributed by atoms with Gasteiger partial charge in [0.05, 0.1) is 0 Å². The fourth-order valence-corrected chi connectivity index (χ4v) is 1.68. The van der Waals surface area contributed by atoms with Crippen molar-refractivity contribution in [3.05, 3.63) is 42.5 Å². The van der Waals surface area contributed by atoms with Gasteiger partial charge in [0.25, 0.3) is 0 Å². The monoisotopic (exact) mass is 261 g/mol. The number of nitrogens with one attached hydrogen (secondary N) is 2. The molecule has 3 nitrogen and oxygen atoms in total. The highest BCUT2D eigenvalue weighted by Crippen LogP contribution is 2.05. The van der Waals surface area contributed by atoms with E-state index in [0.29, 0.717) is 5.11 Å². The highest BCUT2D eigenvalue weighted by Gasteiger charge is 2.03. The number of aliphatic imine (C=N–C) groups is 1. The van der Waals surface area contributed by atoms with E-state index in [0.717, 1.165) is 12.1 Å². The molecule has 18 heavy (non-hydrogen) atoms. The van der Waals surface area contributed by atoms with E-state index in [4.69, 9.17) is 12.2 Å². The standard InChI is InChI=1S/C14H19N3S/c1-3-12(10-7-11-15-2)16-14(18)17-13-8-5-4-6-9-13/h4-12H,3H2,1-2H3,(H2,16,17,18)/b10-7-,15-11+. The number of allylic oxidation sites excluding steroid dienone is 1. The summed E-state index contributed by atoms with van der Waals surface area (Å²) >= 11 is 5.27. The highest BCUT2D eigenvalue weighted by molar-refractivity contribution is 7.80. The van der Waals surface area contributed by atoms with Gasteiger partial charge in [0, 0.05) is 25.0 Å². The van der Waals surface area contributed by atoms with Crippen LogP contribution in [-0.2, 0) is 0 Å². The summed E-state index contributed by atoms with van der Waals surface area (Å²) in [5.74, 6) is 0. The fraction of sp³-hybridized carbons (Fsp3) is 0.286. The number of thiocarbonyl (C=S) groups is 1. The summed E-state index contributed by atoms with van der Waals surface area (Å²) < 4.78 is 0. The lowest BCUT2D eigenvalue weighted by molar-refractivity contribution is 0.707. The maximum absolute atomic E-state index is 5.27. The normalized spacial score (nSPS) is 12.8. The second kappa shape index (κ2) is 8.42. The highest BCUT2D eigenvalue weighted by atomic mass is 32.1. The van der Waals surface area contributed by atoms with Crippen LogP contribution in [0.5, 0.6) is 0 Å². The molecule has 1 atom stereocenters. The predicted molar refractivity (Wildman–Crippen MR) is 83.4 cm³/mol. The number of hydrogen-bond donors (Lipinski definition) is 2. The smallest absolute Gasteiger partial charge is 0.171 e. The van der Waals surface area contributed by atoms with Crippen LogP contribution in [-0.4, -0.2) is 24.4 Å². The summed E-state index contributed by atoms with van der Waals surface area (Å²) in [6.07, 6.45) is 6.70. The lowest BCUT2D eigenvalue weighted by Gasteiger charge is -2.16. The second-order valence-electron chi connectivity index (χ2n) is 3.77. The largest absolute Gasteiger partial charge is 0.356 e. The van der Waals surface area contributed by atoms with E-state index in [1.807, 2.05) is 42.5 Å². The molecule has 0 aliphatic carbocycles. The van der Waals surface area contributed by atoms with Gasteiger partial charge < -0.3 is 10.6 Å². The summed E-state index contributed by atoms with van der Waals surface area (Å²) in [7, 11) is 1.75. The van der Waals surface area contributed by atoms with Gasteiger partial charge in [-0.15, -0.1) is 0 Å². The van der Waals surface area contributed by atoms with Gasteiger partial charge in [-0.3, -0.25) is 4.99 Å². The number of para-hydroxylation sites is 1. The molecule has 0 bridgehead atoms. The van der Waals surface area contributed by atoms with Gasteiger partial charge in [0.15, 0.2) is 5.11 Å². The first-order chi connectivity index (χ1) is 8.76. The second-order valence-corrected chi connectivity index (χ2v) is 4.18. The molecular weight excluding hydrogens is 242 g/mol. The molecule has 0 saturated heterocycles. The SMILES string of the molecule is CCC(/C=C\C=N\C)NC(=S)Nc1ccccc1. The Kier molecular flexibility index (Phi) is 6.72. The van der Waals surface area contributed by atoms with Crippen LogP contribution in [0.25, 0.3) is 0 Å². The first kappa shape index (κ1) is 14.4. The van der Waals surface area contributed by atoms with Crippen molar-refractivity contribution >= 4 is 29.2 Å². The van der Waals surface area contributed by atoms with E-state index >= 15 is 0 Å². The Balaban J connectivity index is 2.47. The minimum absolute atomic E-state index is 0.215. The van der Waals surface area contributed by atoms with Gasteiger partial charge in [-0.25, -0.2) is 0 Å². The third-order valence-corrected chi connectivity index (χ3v) is 2.59. The van der Waals surface area contributed by atoms with Crippen LogP contribution >= 0.6 is 12.2 Å². The van der Waals surface area contributed by atoms with Crippen LogP contribution in [0.3, 0.4) is 0 Å². The van der Waals surface area contributed by atoms with E-state index in [2.05, 4.69) is 22.5 Å². The van der Waals surface area contributed by atoms with Crippen LogP contribution in [0.1, 0.15) is 13.3 Å². The Bertz CT molecular complexity index is 412. The zero-order chi connectivity index (χ0) is 13.2. The Labute approximate surface area is 114 Å². The quantitative estimate of drug-likeness (QED) is 0.632. The van der Waals surface area contributed by atoms with Crippen molar-refractivity contribution in [1.82, 2.24) is 5.32 Å². The minimum Gasteiger partial charge on any atom is -0.356 e. The van der Waals surface area contributed by atoms with Crippen molar-refractivity contribution in [3.63, 3.8) is 0 Å². The summed E-state index contributed by atoms with van der Waals surface area (Å²) in [6, 6.07) is 10.1.